The Morgan fingerprint density at radius 1 is 1.12 bits per heavy atom. The standard InChI is InChI=1S/C19H17N3O3/c1-11-2-4-13-14(8-11)21-18-17(13)20-10-22(19(18)25)7-6-12-3-5-15(23)16(24)9-12/h2-5,8-10,21,23-24H,6-7H2,1H3. The molecule has 6 heteroatoms. The second kappa shape index (κ2) is 5.66. The van der Waals surface area contributed by atoms with Crippen molar-refractivity contribution in [3.05, 3.63) is 64.2 Å². The smallest absolute Gasteiger partial charge is 0.277 e. The van der Waals surface area contributed by atoms with E-state index in [1.807, 2.05) is 25.1 Å². The molecule has 25 heavy (non-hydrogen) atoms. The van der Waals surface area contributed by atoms with Crippen LogP contribution in [0.3, 0.4) is 0 Å². The van der Waals surface area contributed by atoms with E-state index < -0.39 is 0 Å². The first-order valence-electron chi connectivity index (χ1n) is 8.01. The highest BCUT2D eigenvalue weighted by Crippen LogP contribution is 2.25. The van der Waals surface area contributed by atoms with E-state index in [0.29, 0.717) is 24.0 Å². The molecule has 126 valence electrons. The van der Waals surface area contributed by atoms with Crippen LogP contribution in [0.4, 0.5) is 0 Å². The Morgan fingerprint density at radius 2 is 1.96 bits per heavy atom. The van der Waals surface area contributed by atoms with E-state index in [2.05, 4.69) is 9.97 Å². The molecule has 3 N–H and O–H groups in total. The second-order valence-corrected chi connectivity index (χ2v) is 6.21. The molecule has 0 unspecified atom stereocenters. The molecule has 2 aromatic carbocycles. The van der Waals surface area contributed by atoms with Crippen LogP contribution in [0.1, 0.15) is 11.1 Å². The van der Waals surface area contributed by atoms with Crippen molar-refractivity contribution < 1.29 is 10.2 Å². The number of nitrogens with one attached hydrogen (secondary N) is 1. The van der Waals surface area contributed by atoms with E-state index in [1.165, 1.54) is 12.1 Å². The van der Waals surface area contributed by atoms with Gasteiger partial charge in [0.1, 0.15) is 11.0 Å². The van der Waals surface area contributed by atoms with Crippen molar-refractivity contribution in [1.82, 2.24) is 14.5 Å². The molecule has 0 saturated heterocycles. The average molecular weight is 335 g/mol. The van der Waals surface area contributed by atoms with Crippen molar-refractivity contribution in [3.8, 4) is 11.5 Å². The van der Waals surface area contributed by atoms with Crippen LogP contribution in [0.2, 0.25) is 0 Å². The third kappa shape index (κ3) is 2.61. The van der Waals surface area contributed by atoms with Crippen LogP contribution in [-0.2, 0) is 13.0 Å². The number of H-pyrrole nitrogens is 1. The van der Waals surface area contributed by atoms with Crippen LogP contribution in [0.25, 0.3) is 21.9 Å². The van der Waals surface area contributed by atoms with E-state index in [-0.39, 0.29) is 17.1 Å². The molecule has 0 bridgehead atoms. The maximum Gasteiger partial charge on any atom is 0.277 e. The molecule has 0 saturated carbocycles. The van der Waals surface area contributed by atoms with Crippen molar-refractivity contribution in [2.75, 3.05) is 0 Å². The van der Waals surface area contributed by atoms with Gasteiger partial charge in [0.05, 0.1) is 6.33 Å². The Hall–Kier alpha value is -3.28. The molecule has 0 aliphatic heterocycles. The van der Waals surface area contributed by atoms with Gasteiger partial charge < -0.3 is 15.2 Å². The van der Waals surface area contributed by atoms with Gasteiger partial charge in [-0.1, -0.05) is 18.2 Å². The van der Waals surface area contributed by atoms with E-state index in [1.54, 1.807) is 17.0 Å². The highest BCUT2D eigenvalue weighted by Gasteiger charge is 2.11. The molecule has 2 heterocycles. The van der Waals surface area contributed by atoms with Gasteiger partial charge in [-0.2, -0.15) is 0 Å². The molecule has 0 amide bonds. The fraction of sp³-hybridized carbons (Fsp3) is 0.158. The van der Waals surface area contributed by atoms with Gasteiger partial charge in [-0.05, 0) is 42.7 Å². The Morgan fingerprint density at radius 3 is 2.76 bits per heavy atom. The molecule has 2 aromatic heterocycles. The summed E-state index contributed by atoms with van der Waals surface area (Å²) in [6.45, 7) is 2.43. The molecular weight excluding hydrogens is 318 g/mol. The zero-order chi connectivity index (χ0) is 17.6. The van der Waals surface area contributed by atoms with E-state index >= 15 is 0 Å². The summed E-state index contributed by atoms with van der Waals surface area (Å²) < 4.78 is 1.55. The number of aryl methyl sites for hydroxylation is 3. The van der Waals surface area contributed by atoms with Gasteiger partial charge in [0.25, 0.3) is 5.56 Å². The number of rotatable bonds is 3. The molecule has 0 fully saturated rings. The van der Waals surface area contributed by atoms with Gasteiger partial charge in [0.2, 0.25) is 0 Å². The van der Waals surface area contributed by atoms with Gasteiger partial charge in [0, 0.05) is 17.4 Å². The maximum atomic E-state index is 12.7. The highest BCUT2D eigenvalue weighted by atomic mass is 16.3. The Bertz CT molecular complexity index is 1160. The van der Waals surface area contributed by atoms with E-state index in [0.717, 1.165) is 22.0 Å². The lowest BCUT2D eigenvalue weighted by Crippen LogP contribution is -2.21. The topological polar surface area (TPSA) is 91.1 Å². The summed E-state index contributed by atoms with van der Waals surface area (Å²) in [5, 5.41) is 19.9. The number of phenols is 2. The number of hydrogen-bond acceptors (Lipinski definition) is 4. The number of nitrogens with zero attached hydrogens (tertiary/aromatic N) is 2. The van der Waals surface area contributed by atoms with E-state index in [9.17, 15) is 15.0 Å². The van der Waals surface area contributed by atoms with Crippen LogP contribution in [-0.4, -0.2) is 24.7 Å². The van der Waals surface area contributed by atoms with Gasteiger partial charge in [-0.3, -0.25) is 9.36 Å². The Labute approximate surface area is 143 Å². The molecule has 0 aliphatic carbocycles. The third-order valence-corrected chi connectivity index (χ3v) is 4.41. The predicted molar refractivity (Wildman–Crippen MR) is 96.1 cm³/mol. The molecule has 0 spiro atoms. The van der Waals surface area contributed by atoms with Gasteiger partial charge in [-0.25, -0.2) is 4.98 Å². The number of phenolic OH excluding ortho intramolecular Hbond substituents is 2. The monoisotopic (exact) mass is 335 g/mol. The maximum absolute atomic E-state index is 12.7. The van der Waals surface area contributed by atoms with E-state index in [4.69, 9.17) is 0 Å². The van der Waals surface area contributed by atoms with Crippen LogP contribution in [0, 0.1) is 6.92 Å². The fourth-order valence-electron chi connectivity index (χ4n) is 3.04. The quantitative estimate of drug-likeness (QED) is 0.502. The molecule has 6 nitrogen and oxygen atoms in total. The second-order valence-electron chi connectivity index (χ2n) is 6.21. The number of aromatic hydroxyl groups is 2. The molecule has 0 aliphatic rings. The SMILES string of the molecule is Cc1ccc2c(c1)[nH]c1c(=O)n(CCc3ccc(O)c(O)c3)cnc12. The summed E-state index contributed by atoms with van der Waals surface area (Å²) in [4.78, 5) is 20.3. The zero-order valence-corrected chi connectivity index (χ0v) is 13.7. The first-order valence-corrected chi connectivity index (χ1v) is 8.01. The minimum absolute atomic E-state index is 0.123. The van der Waals surface area contributed by atoms with Crippen molar-refractivity contribution in [3.63, 3.8) is 0 Å². The van der Waals surface area contributed by atoms with Crippen molar-refractivity contribution in [2.45, 2.75) is 19.9 Å². The summed E-state index contributed by atoms with van der Waals surface area (Å²) in [6, 6.07) is 10.6. The van der Waals surface area contributed by atoms with Crippen LogP contribution < -0.4 is 5.56 Å². The summed E-state index contributed by atoms with van der Waals surface area (Å²) in [5.41, 5.74) is 3.90. The predicted octanol–water partition coefficient (Wildman–Crippen LogP) is 2.84. The highest BCUT2D eigenvalue weighted by molar-refractivity contribution is 6.04. The first kappa shape index (κ1) is 15.3. The number of hydrogen-bond donors (Lipinski definition) is 3. The summed E-state index contributed by atoms with van der Waals surface area (Å²) >= 11 is 0. The van der Waals surface area contributed by atoms with Gasteiger partial charge in [0.15, 0.2) is 11.5 Å². The van der Waals surface area contributed by atoms with Crippen molar-refractivity contribution in [1.29, 1.82) is 0 Å². The normalized spacial score (nSPS) is 11.4. The van der Waals surface area contributed by atoms with Crippen LogP contribution >= 0.6 is 0 Å². The van der Waals surface area contributed by atoms with Crippen molar-refractivity contribution >= 4 is 21.9 Å². The summed E-state index contributed by atoms with van der Waals surface area (Å²) in [6.07, 6.45) is 2.10. The summed E-state index contributed by atoms with van der Waals surface area (Å²) in [7, 11) is 0. The average Bonchev–Trinajstić information content (AvgIpc) is 2.96. The molecule has 0 atom stereocenters. The lowest BCUT2D eigenvalue weighted by atomic mass is 10.1. The first-order chi connectivity index (χ1) is 12.0. The number of fused-ring (bicyclic) bond motifs is 3. The Balaban J connectivity index is 1.70. The molecule has 0 radical (unpaired) electrons. The van der Waals surface area contributed by atoms with Crippen LogP contribution in [0.5, 0.6) is 11.5 Å². The van der Waals surface area contributed by atoms with Gasteiger partial charge in [-0.15, -0.1) is 0 Å². The van der Waals surface area contributed by atoms with Gasteiger partial charge >= 0.3 is 0 Å². The van der Waals surface area contributed by atoms with Crippen molar-refractivity contribution in [2.24, 2.45) is 0 Å². The Kier molecular flexibility index (Phi) is 3.46. The number of aromatic nitrogens is 3. The lowest BCUT2D eigenvalue weighted by Gasteiger charge is -2.06. The largest absolute Gasteiger partial charge is 0.504 e. The molecule has 4 rings (SSSR count). The zero-order valence-electron chi connectivity index (χ0n) is 13.7. The van der Waals surface area contributed by atoms with Crippen LogP contribution in [0.15, 0.2) is 47.5 Å². The fourth-order valence-corrected chi connectivity index (χ4v) is 3.04. The summed E-state index contributed by atoms with van der Waals surface area (Å²) in [5.74, 6) is -0.318. The lowest BCUT2D eigenvalue weighted by molar-refractivity contribution is 0.403. The number of benzene rings is 2. The number of aromatic amines is 1. The molecular formula is C19H17N3O3. The minimum Gasteiger partial charge on any atom is -0.504 e. The molecule has 4 aromatic rings. The third-order valence-electron chi connectivity index (χ3n) is 4.41. The minimum atomic E-state index is -0.163.